The van der Waals surface area contributed by atoms with E-state index in [1.54, 1.807) is 11.0 Å². The minimum absolute atomic E-state index is 0.124. The van der Waals surface area contributed by atoms with Crippen molar-refractivity contribution in [1.29, 1.82) is 0 Å². The van der Waals surface area contributed by atoms with Crippen LogP contribution in [0.25, 0.3) is 5.57 Å². The van der Waals surface area contributed by atoms with Crippen LogP contribution in [0.1, 0.15) is 32.8 Å². The molecule has 0 aromatic heterocycles. The molecule has 2 unspecified atom stereocenters. The van der Waals surface area contributed by atoms with E-state index in [2.05, 4.69) is 0 Å². The molecule has 24 heavy (non-hydrogen) atoms. The fourth-order valence-electron chi connectivity index (χ4n) is 3.15. The second-order valence-electron chi connectivity index (χ2n) is 7.20. The van der Waals surface area contributed by atoms with Crippen LogP contribution in [0, 0.1) is 5.82 Å². The van der Waals surface area contributed by atoms with Gasteiger partial charge in [-0.3, -0.25) is 4.90 Å². The van der Waals surface area contributed by atoms with E-state index in [1.807, 2.05) is 26.8 Å². The highest BCUT2D eigenvalue weighted by Gasteiger charge is 2.40. The van der Waals surface area contributed by atoms with E-state index in [1.165, 1.54) is 12.1 Å². The normalized spacial score (nSPS) is 23.7. The zero-order chi connectivity index (χ0) is 17.5. The molecule has 1 aromatic rings. The van der Waals surface area contributed by atoms with Gasteiger partial charge in [0.05, 0.1) is 25.3 Å². The molecule has 0 N–H and O–H groups in total. The highest BCUT2D eigenvalue weighted by molar-refractivity contribution is 6.30. The van der Waals surface area contributed by atoms with Gasteiger partial charge < -0.3 is 9.47 Å². The molecule has 2 aliphatic rings. The van der Waals surface area contributed by atoms with Gasteiger partial charge in [0.15, 0.2) is 0 Å². The molecular weight excluding hydrogens is 333 g/mol. The van der Waals surface area contributed by atoms with Crippen molar-refractivity contribution in [2.45, 2.75) is 44.9 Å². The summed E-state index contributed by atoms with van der Waals surface area (Å²) in [5.74, 6) is -0.366. The molecule has 2 bridgehead atoms. The molecule has 1 aromatic carbocycles. The molecular formula is C18H21ClFNO3. The third-order valence-electron chi connectivity index (χ3n) is 4.04. The lowest BCUT2D eigenvalue weighted by Gasteiger charge is -2.44. The number of carbonyl (C=O) groups excluding carboxylic acids is 1. The maximum absolute atomic E-state index is 13.6. The summed E-state index contributed by atoms with van der Waals surface area (Å²) in [6, 6.07) is 4.16. The van der Waals surface area contributed by atoms with Gasteiger partial charge >= 0.3 is 6.09 Å². The number of hydrogen-bond donors (Lipinski definition) is 0. The number of amides is 1. The van der Waals surface area contributed by atoms with E-state index < -0.39 is 5.60 Å². The number of fused-ring (bicyclic) bond motifs is 2. The van der Waals surface area contributed by atoms with Crippen molar-refractivity contribution in [3.8, 4) is 0 Å². The zero-order valence-corrected chi connectivity index (χ0v) is 14.8. The number of halogens is 2. The summed E-state index contributed by atoms with van der Waals surface area (Å²) in [6.45, 7) is 6.38. The van der Waals surface area contributed by atoms with Crippen molar-refractivity contribution in [2.75, 3.05) is 13.2 Å². The average Bonchev–Trinajstić information content (AvgIpc) is 2.42. The molecule has 6 heteroatoms. The van der Waals surface area contributed by atoms with E-state index >= 15 is 0 Å². The molecule has 0 radical (unpaired) electrons. The number of rotatable bonds is 1. The minimum Gasteiger partial charge on any atom is -0.444 e. The van der Waals surface area contributed by atoms with Crippen LogP contribution in [-0.4, -0.2) is 41.9 Å². The Bertz CT molecular complexity index is 663. The van der Waals surface area contributed by atoms with Crippen molar-refractivity contribution in [1.82, 2.24) is 4.90 Å². The van der Waals surface area contributed by atoms with Gasteiger partial charge in [-0.2, -0.15) is 0 Å². The molecule has 2 aliphatic heterocycles. The lowest BCUT2D eigenvalue weighted by atomic mass is 9.90. The van der Waals surface area contributed by atoms with E-state index in [0.717, 1.165) is 11.1 Å². The summed E-state index contributed by atoms with van der Waals surface area (Å²) < 4.78 is 24.7. The molecule has 4 nitrogen and oxygen atoms in total. The minimum atomic E-state index is -0.549. The van der Waals surface area contributed by atoms with Crippen LogP contribution in [-0.2, 0) is 9.47 Å². The maximum atomic E-state index is 13.6. The van der Waals surface area contributed by atoms with Crippen molar-refractivity contribution in [3.63, 3.8) is 0 Å². The summed E-state index contributed by atoms with van der Waals surface area (Å²) in [5.41, 5.74) is 1.18. The summed E-state index contributed by atoms with van der Waals surface area (Å²) >= 11 is 5.97. The van der Waals surface area contributed by atoms with Crippen molar-refractivity contribution < 1.29 is 18.7 Å². The molecule has 130 valence electrons. The monoisotopic (exact) mass is 353 g/mol. The van der Waals surface area contributed by atoms with Crippen molar-refractivity contribution >= 4 is 23.3 Å². The van der Waals surface area contributed by atoms with Gasteiger partial charge in [-0.25, -0.2) is 9.18 Å². The molecule has 1 fully saturated rings. The van der Waals surface area contributed by atoms with Gasteiger partial charge in [0.25, 0.3) is 0 Å². The second kappa shape index (κ2) is 6.37. The first-order valence-corrected chi connectivity index (χ1v) is 8.37. The average molecular weight is 354 g/mol. The molecule has 0 saturated carbocycles. The van der Waals surface area contributed by atoms with E-state index in [0.29, 0.717) is 24.7 Å². The standard InChI is InChI=1S/C18H21ClFNO3/c1-18(2,3)24-17(22)21-15-6-12(7-16(21)10-23-9-15)11-4-13(19)8-14(20)5-11/h4-6,8,15-16H,7,9-10H2,1-3H3. The van der Waals surface area contributed by atoms with Crippen LogP contribution in [0.15, 0.2) is 24.3 Å². The van der Waals surface area contributed by atoms with Crippen LogP contribution in [0.2, 0.25) is 5.02 Å². The number of morpholine rings is 1. The van der Waals surface area contributed by atoms with Crippen LogP contribution in [0.4, 0.5) is 9.18 Å². The Morgan fingerprint density at radius 2 is 2.08 bits per heavy atom. The first kappa shape index (κ1) is 17.2. The topological polar surface area (TPSA) is 38.8 Å². The van der Waals surface area contributed by atoms with Crippen LogP contribution in [0.3, 0.4) is 0 Å². The fourth-order valence-corrected chi connectivity index (χ4v) is 3.37. The number of carbonyl (C=O) groups is 1. The number of hydrogen-bond acceptors (Lipinski definition) is 3. The van der Waals surface area contributed by atoms with Gasteiger partial charge in [0.2, 0.25) is 0 Å². The predicted octanol–water partition coefficient (Wildman–Crippen LogP) is 4.27. The van der Waals surface area contributed by atoms with Gasteiger partial charge in [-0.15, -0.1) is 0 Å². The number of nitrogens with zero attached hydrogens (tertiary/aromatic N) is 1. The van der Waals surface area contributed by atoms with Gasteiger partial charge in [-0.05, 0) is 56.5 Å². The summed E-state index contributed by atoms with van der Waals surface area (Å²) in [6.07, 6.45) is 2.19. The Morgan fingerprint density at radius 3 is 2.71 bits per heavy atom. The molecule has 1 saturated heterocycles. The second-order valence-corrected chi connectivity index (χ2v) is 7.64. The molecule has 1 amide bonds. The van der Waals surface area contributed by atoms with E-state index in [9.17, 15) is 9.18 Å². The van der Waals surface area contributed by atoms with Crippen LogP contribution < -0.4 is 0 Å². The summed E-state index contributed by atoms with van der Waals surface area (Å²) in [5, 5.41) is 0.363. The highest BCUT2D eigenvalue weighted by Crippen LogP contribution is 2.34. The third kappa shape index (κ3) is 3.73. The molecule has 2 atom stereocenters. The Balaban J connectivity index is 1.88. The molecule has 0 aliphatic carbocycles. The predicted molar refractivity (Wildman–Crippen MR) is 90.5 cm³/mol. The molecule has 2 heterocycles. The quantitative estimate of drug-likeness (QED) is 0.756. The lowest BCUT2D eigenvalue weighted by molar-refractivity contribution is -0.0510. The molecule has 3 rings (SSSR count). The summed E-state index contributed by atoms with van der Waals surface area (Å²) in [4.78, 5) is 14.3. The first-order chi connectivity index (χ1) is 11.2. The van der Waals surface area contributed by atoms with Crippen LogP contribution >= 0.6 is 11.6 Å². The van der Waals surface area contributed by atoms with Gasteiger partial charge in [0, 0.05) is 5.02 Å². The van der Waals surface area contributed by atoms with E-state index in [4.69, 9.17) is 21.1 Å². The largest absolute Gasteiger partial charge is 0.444 e. The van der Waals surface area contributed by atoms with Gasteiger partial charge in [-0.1, -0.05) is 17.7 Å². The Hall–Kier alpha value is -1.59. The van der Waals surface area contributed by atoms with Crippen molar-refractivity contribution in [2.24, 2.45) is 0 Å². The Morgan fingerprint density at radius 1 is 1.33 bits per heavy atom. The third-order valence-corrected chi connectivity index (χ3v) is 4.25. The maximum Gasteiger partial charge on any atom is 0.411 e. The molecule has 0 spiro atoms. The van der Waals surface area contributed by atoms with Gasteiger partial charge in [0.1, 0.15) is 11.4 Å². The summed E-state index contributed by atoms with van der Waals surface area (Å²) in [7, 11) is 0. The number of ether oxygens (including phenoxy) is 2. The smallest absolute Gasteiger partial charge is 0.411 e. The fraction of sp³-hybridized carbons (Fsp3) is 0.500. The van der Waals surface area contributed by atoms with Crippen molar-refractivity contribution in [3.05, 3.63) is 40.7 Å². The lowest BCUT2D eigenvalue weighted by Crippen LogP contribution is -2.57. The van der Waals surface area contributed by atoms with E-state index in [-0.39, 0.29) is 24.0 Å². The Labute approximate surface area is 146 Å². The first-order valence-electron chi connectivity index (χ1n) is 7.99. The van der Waals surface area contributed by atoms with Crippen LogP contribution in [0.5, 0.6) is 0 Å². The zero-order valence-electron chi connectivity index (χ0n) is 14.0. The highest BCUT2D eigenvalue weighted by atomic mass is 35.5. The SMILES string of the molecule is CC(C)(C)OC(=O)N1C2C=C(c3cc(F)cc(Cl)c3)CC1COC2. The Kier molecular flexibility index (Phi) is 4.58. The number of benzene rings is 1.